The SMILES string of the molecule is COc1cc(OC)nc(-c2cccc(Cn3nc4c(c3-c3ccccc3F)CN(C)C4)c2)c1. The molecule has 0 saturated carbocycles. The number of benzene rings is 2. The molecular formula is C26H25FN4O2. The first-order valence-corrected chi connectivity index (χ1v) is 10.8. The molecule has 0 fully saturated rings. The molecule has 6 nitrogen and oxygen atoms in total. The van der Waals surface area contributed by atoms with Crippen LogP contribution >= 0.6 is 0 Å². The molecule has 0 unspecified atom stereocenters. The van der Waals surface area contributed by atoms with E-state index in [2.05, 4.69) is 23.0 Å². The standard InChI is InChI=1S/C26H25FN4O2/c1-30-15-21-24(16-30)29-31(26(21)20-9-4-5-10-22(20)27)14-17-7-6-8-18(11-17)23-12-19(32-2)13-25(28-23)33-3/h4-13H,14-16H2,1-3H3. The molecule has 1 aliphatic heterocycles. The molecule has 0 atom stereocenters. The number of hydrogen-bond acceptors (Lipinski definition) is 5. The molecule has 3 heterocycles. The lowest BCUT2D eigenvalue weighted by molar-refractivity contribution is 0.346. The summed E-state index contributed by atoms with van der Waals surface area (Å²) in [6.07, 6.45) is 0. The molecule has 2 aromatic heterocycles. The third kappa shape index (κ3) is 4.07. The monoisotopic (exact) mass is 444 g/mol. The highest BCUT2D eigenvalue weighted by atomic mass is 19.1. The van der Waals surface area contributed by atoms with Crippen LogP contribution in [0.5, 0.6) is 11.6 Å². The van der Waals surface area contributed by atoms with Gasteiger partial charge < -0.3 is 9.47 Å². The number of fused-ring (bicyclic) bond motifs is 1. The molecule has 0 aliphatic carbocycles. The van der Waals surface area contributed by atoms with Crippen LogP contribution in [0, 0.1) is 5.82 Å². The Labute approximate surface area is 192 Å². The first-order chi connectivity index (χ1) is 16.1. The fourth-order valence-electron chi connectivity index (χ4n) is 4.35. The van der Waals surface area contributed by atoms with Gasteiger partial charge in [-0.25, -0.2) is 9.37 Å². The van der Waals surface area contributed by atoms with E-state index >= 15 is 0 Å². The molecule has 4 aromatic rings. The van der Waals surface area contributed by atoms with E-state index in [4.69, 9.17) is 14.6 Å². The predicted molar refractivity (Wildman–Crippen MR) is 125 cm³/mol. The van der Waals surface area contributed by atoms with Gasteiger partial charge in [0.2, 0.25) is 5.88 Å². The lowest BCUT2D eigenvalue weighted by Crippen LogP contribution is -2.13. The van der Waals surface area contributed by atoms with Crippen molar-refractivity contribution in [3.63, 3.8) is 0 Å². The summed E-state index contributed by atoms with van der Waals surface area (Å²) in [4.78, 5) is 6.75. The number of methoxy groups -OCH3 is 2. The number of aromatic nitrogens is 3. The summed E-state index contributed by atoms with van der Waals surface area (Å²) in [6.45, 7) is 2.04. The average Bonchev–Trinajstić information content (AvgIpc) is 3.34. The average molecular weight is 445 g/mol. The molecular weight excluding hydrogens is 419 g/mol. The number of ether oxygens (including phenoxy) is 2. The molecule has 0 bridgehead atoms. The topological polar surface area (TPSA) is 52.4 Å². The Morgan fingerprint density at radius 1 is 0.970 bits per heavy atom. The maximum atomic E-state index is 14.8. The van der Waals surface area contributed by atoms with E-state index in [1.807, 2.05) is 41.1 Å². The van der Waals surface area contributed by atoms with E-state index in [1.54, 1.807) is 26.4 Å². The van der Waals surface area contributed by atoms with Gasteiger partial charge in [0.25, 0.3) is 0 Å². The number of halogens is 1. The number of hydrogen-bond donors (Lipinski definition) is 0. The van der Waals surface area contributed by atoms with E-state index in [1.165, 1.54) is 6.07 Å². The van der Waals surface area contributed by atoms with E-state index in [9.17, 15) is 4.39 Å². The minimum absolute atomic E-state index is 0.238. The summed E-state index contributed by atoms with van der Waals surface area (Å²) in [5.74, 6) is 0.929. The minimum atomic E-state index is -0.238. The highest BCUT2D eigenvalue weighted by Gasteiger charge is 2.27. The summed E-state index contributed by atoms with van der Waals surface area (Å²) in [7, 11) is 5.25. The van der Waals surface area contributed by atoms with Gasteiger partial charge in [-0.15, -0.1) is 0 Å². The van der Waals surface area contributed by atoms with Crippen molar-refractivity contribution < 1.29 is 13.9 Å². The van der Waals surface area contributed by atoms with Gasteiger partial charge >= 0.3 is 0 Å². The molecule has 0 radical (unpaired) electrons. The van der Waals surface area contributed by atoms with Crippen LogP contribution in [0.25, 0.3) is 22.5 Å². The Balaban J connectivity index is 1.54. The predicted octanol–water partition coefficient (Wildman–Crippen LogP) is 4.76. The van der Waals surface area contributed by atoms with Gasteiger partial charge in [-0.3, -0.25) is 9.58 Å². The zero-order valence-electron chi connectivity index (χ0n) is 18.9. The third-order valence-electron chi connectivity index (χ3n) is 5.89. The van der Waals surface area contributed by atoms with Crippen molar-refractivity contribution in [1.82, 2.24) is 19.7 Å². The lowest BCUT2D eigenvalue weighted by atomic mass is 10.0. The van der Waals surface area contributed by atoms with Gasteiger partial charge in [-0.1, -0.05) is 30.3 Å². The summed E-state index contributed by atoms with van der Waals surface area (Å²) in [5, 5.41) is 4.86. The van der Waals surface area contributed by atoms with E-state index in [0.29, 0.717) is 23.7 Å². The summed E-state index contributed by atoms with van der Waals surface area (Å²) < 4.78 is 27.4. The highest BCUT2D eigenvalue weighted by Crippen LogP contribution is 2.34. The van der Waals surface area contributed by atoms with Crippen molar-refractivity contribution in [3.8, 4) is 34.1 Å². The zero-order valence-corrected chi connectivity index (χ0v) is 18.9. The Bertz CT molecular complexity index is 1300. The second-order valence-electron chi connectivity index (χ2n) is 8.22. The molecule has 2 aromatic carbocycles. The molecule has 1 aliphatic rings. The van der Waals surface area contributed by atoms with Crippen molar-refractivity contribution in [2.75, 3.05) is 21.3 Å². The maximum Gasteiger partial charge on any atom is 0.217 e. The van der Waals surface area contributed by atoms with Gasteiger partial charge in [0.05, 0.1) is 37.8 Å². The van der Waals surface area contributed by atoms with E-state index < -0.39 is 0 Å². The molecule has 168 valence electrons. The van der Waals surface area contributed by atoms with E-state index in [0.717, 1.165) is 46.9 Å². The summed E-state index contributed by atoms with van der Waals surface area (Å²) in [5.41, 5.74) is 6.27. The zero-order chi connectivity index (χ0) is 22.9. The third-order valence-corrected chi connectivity index (χ3v) is 5.89. The van der Waals surface area contributed by atoms with Crippen LogP contribution in [0.4, 0.5) is 4.39 Å². The molecule has 0 N–H and O–H groups in total. The Morgan fingerprint density at radius 3 is 2.61 bits per heavy atom. The van der Waals surface area contributed by atoms with Crippen molar-refractivity contribution >= 4 is 0 Å². The van der Waals surface area contributed by atoms with Crippen molar-refractivity contribution in [1.29, 1.82) is 0 Å². The first kappa shape index (κ1) is 21.2. The summed E-state index contributed by atoms with van der Waals surface area (Å²) >= 11 is 0. The molecule has 5 rings (SSSR count). The minimum Gasteiger partial charge on any atom is -0.496 e. The largest absolute Gasteiger partial charge is 0.496 e. The Morgan fingerprint density at radius 2 is 1.82 bits per heavy atom. The second-order valence-corrected chi connectivity index (χ2v) is 8.22. The van der Waals surface area contributed by atoms with Gasteiger partial charge in [-0.2, -0.15) is 5.10 Å². The van der Waals surface area contributed by atoms with Gasteiger partial charge in [0.15, 0.2) is 0 Å². The van der Waals surface area contributed by atoms with E-state index in [-0.39, 0.29) is 5.82 Å². The normalized spacial score (nSPS) is 13.2. The van der Waals surface area contributed by atoms with Gasteiger partial charge in [0, 0.05) is 41.9 Å². The Hall–Kier alpha value is -3.71. The van der Waals surface area contributed by atoms with Crippen LogP contribution in [-0.2, 0) is 19.6 Å². The molecule has 7 heteroatoms. The number of nitrogens with zero attached hydrogens (tertiary/aromatic N) is 4. The van der Waals surface area contributed by atoms with Crippen LogP contribution in [0.15, 0.2) is 60.7 Å². The molecule has 0 saturated heterocycles. The maximum absolute atomic E-state index is 14.8. The lowest BCUT2D eigenvalue weighted by Gasteiger charge is -2.14. The van der Waals surface area contributed by atoms with Crippen LogP contribution < -0.4 is 9.47 Å². The Kier molecular flexibility index (Phi) is 5.56. The van der Waals surface area contributed by atoms with Crippen molar-refractivity contribution in [2.24, 2.45) is 0 Å². The van der Waals surface area contributed by atoms with Crippen LogP contribution in [0.1, 0.15) is 16.8 Å². The first-order valence-electron chi connectivity index (χ1n) is 10.8. The molecule has 0 amide bonds. The highest BCUT2D eigenvalue weighted by molar-refractivity contribution is 5.67. The molecule has 33 heavy (non-hydrogen) atoms. The summed E-state index contributed by atoms with van der Waals surface area (Å²) in [6, 6.07) is 18.6. The van der Waals surface area contributed by atoms with Gasteiger partial charge in [-0.05, 0) is 30.8 Å². The van der Waals surface area contributed by atoms with Crippen LogP contribution in [0.3, 0.4) is 0 Å². The quantitative estimate of drug-likeness (QED) is 0.429. The van der Waals surface area contributed by atoms with Crippen LogP contribution in [0.2, 0.25) is 0 Å². The van der Waals surface area contributed by atoms with Crippen LogP contribution in [-0.4, -0.2) is 40.9 Å². The van der Waals surface area contributed by atoms with Crippen molar-refractivity contribution in [3.05, 3.63) is 83.3 Å². The van der Waals surface area contributed by atoms with Gasteiger partial charge in [0.1, 0.15) is 11.6 Å². The fraction of sp³-hybridized carbons (Fsp3) is 0.231. The number of pyridine rings is 1. The second kappa shape index (κ2) is 8.67. The fourth-order valence-corrected chi connectivity index (χ4v) is 4.35. The number of rotatable bonds is 6. The molecule has 0 spiro atoms. The van der Waals surface area contributed by atoms with Crippen molar-refractivity contribution in [2.45, 2.75) is 19.6 Å². The smallest absolute Gasteiger partial charge is 0.217 e.